The van der Waals surface area contributed by atoms with Crippen molar-refractivity contribution >= 4 is 18.1 Å². The minimum Gasteiger partial charge on any atom is -0.444 e. The number of benzene rings is 1. The van der Waals surface area contributed by atoms with Gasteiger partial charge in [-0.3, -0.25) is 4.79 Å². The standard InChI is InChI=1S/C22H33N3O5/c1-21(2,3)29-19(27)24-14-8-7-13-23-18(26)17-11-9-16(10-12-17)15-25-20(28)30-22(4,5)6/h7-12H,13-15H2,1-6H3,(H,23,26)(H,24,27)(H,25,28). The van der Waals surface area contributed by atoms with Gasteiger partial charge in [-0.2, -0.15) is 0 Å². The van der Waals surface area contributed by atoms with Gasteiger partial charge in [0.25, 0.3) is 5.91 Å². The number of amides is 3. The van der Waals surface area contributed by atoms with E-state index in [2.05, 4.69) is 16.0 Å². The van der Waals surface area contributed by atoms with Crippen molar-refractivity contribution in [3.63, 3.8) is 0 Å². The highest BCUT2D eigenvalue weighted by Gasteiger charge is 2.16. The highest BCUT2D eigenvalue weighted by molar-refractivity contribution is 5.94. The lowest BCUT2D eigenvalue weighted by atomic mass is 10.1. The summed E-state index contributed by atoms with van der Waals surface area (Å²) in [7, 11) is 0. The van der Waals surface area contributed by atoms with Crippen molar-refractivity contribution in [3.05, 3.63) is 47.5 Å². The van der Waals surface area contributed by atoms with Crippen LogP contribution in [0.5, 0.6) is 0 Å². The van der Waals surface area contributed by atoms with E-state index in [0.29, 0.717) is 25.2 Å². The molecule has 0 aliphatic carbocycles. The molecule has 8 heteroatoms. The molecular weight excluding hydrogens is 386 g/mol. The number of rotatable bonds is 7. The maximum atomic E-state index is 12.2. The zero-order valence-corrected chi connectivity index (χ0v) is 18.6. The third-order valence-corrected chi connectivity index (χ3v) is 3.36. The van der Waals surface area contributed by atoms with E-state index in [0.717, 1.165) is 5.56 Å². The average molecular weight is 420 g/mol. The Kier molecular flexibility index (Phi) is 9.36. The van der Waals surface area contributed by atoms with Crippen LogP contribution in [0.15, 0.2) is 36.4 Å². The smallest absolute Gasteiger partial charge is 0.407 e. The van der Waals surface area contributed by atoms with E-state index in [1.807, 2.05) is 0 Å². The second-order valence-electron chi connectivity index (χ2n) is 8.62. The summed E-state index contributed by atoms with van der Waals surface area (Å²) in [6.07, 6.45) is 2.50. The van der Waals surface area contributed by atoms with E-state index in [1.165, 1.54) is 0 Å². The van der Waals surface area contributed by atoms with Gasteiger partial charge in [0.15, 0.2) is 0 Å². The lowest BCUT2D eigenvalue weighted by Crippen LogP contribution is -2.32. The van der Waals surface area contributed by atoms with Crippen molar-refractivity contribution in [3.8, 4) is 0 Å². The summed E-state index contributed by atoms with van der Waals surface area (Å²) >= 11 is 0. The van der Waals surface area contributed by atoms with E-state index in [-0.39, 0.29) is 5.91 Å². The average Bonchev–Trinajstić information content (AvgIpc) is 2.60. The van der Waals surface area contributed by atoms with Gasteiger partial charge in [-0.05, 0) is 59.2 Å². The Morgan fingerprint density at radius 3 is 1.73 bits per heavy atom. The summed E-state index contributed by atoms with van der Waals surface area (Å²) in [6.45, 7) is 11.7. The minimum absolute atomic E-state index is 0.216. The van der Waals surface area contributed by atoms with Crippen molar-refractivity contribution in [2.24, 2.45) is 0 Å². The van der Waals surface area contributed by atoms with Crippen LogP contribution < -0.4 is 16.0 Å². The number of alkyl carbamates (subject to hydrolysis) is 2. The summed E-state index contributed by atoms with van der Waals surface area (Å²) in [5.74, 6) is -0.216. The molecule has 0 spiro atoms. The predicted octanol–water partition coefficient (Wildman–Crippen LogP) is 3.52. The van der Waals surface area contributed by atoms with Gasteiger partial charge in [0.05, 0.1) is 0 Å². The van der Waals surface area contributed by atoms with E-state index < -0.39 is 23.4 Å². The first kappa shape index (κ1) is 25.0. The van der Waals surface area contributed by atoms with E-state index in [4.69, 9.17) is 9.47 Å². The Balaban J connectivity index is 2.33. The van der Waals surface area contributed by atoms with Gasteiger partial charge in [-0.1, -0.05) is 24.3 Å². The molecule has 0 fully saturated rings. The fourth-order valence-corrected chi connectivity index (χ4v) is 2.14. The Labute approximate surface area is 178 Å². The molecule has 3 N–H and O–H groups in total. The molecule has 1 rings (SSSR count). The van der Waals surface area contributed by atoms with Crippen molar-refractivity contribution in [2.45, 2.75) is 59.3 Å². The van der Waals surface area contributed by atoms with Gasteiger partial charge in [0.1, 0.15) is 11.2 Å². The van der Waals surface area contributed by atoms with E-state index in [1.54, 1.807) is 78.0 Å². The van der Waals surface area contributed by atoms with Gasteiger partial charge in [-0.15, -0.1) is 0 Å². The van der Waals surface area contributed by atoms with Crippen molar-refractivity contribution in [1.29, 1.82) is 0 Å². The summed E-state index contributed by atoms with van der Waals surface area (Å²) in [4.78, 5) is 35.3. The van der Waals surface area contributed by atoms with Gasteiger partial charge in [-0.25, -0.2) is 9.59 Å². The monoisotopic (exact) mass is 419 g/mol. The summed E-state index contributed by atoms with van der Waals surface area (Å²) in [5, 5.41) is 8.03. The maximum absolute atomic E-state index is 12.2. The molecule has 0 unspecified atom stereocenters. The zero-order valence-electron chi connectivity index (χ0n) is 18.6. The summed E-state index contributed by atoms with van der Waals surface area (Å²) in [5.41, 5.74) is 0.275. The zero-order chi connectivity index (χ0) is 22.8. The molecule has 0 aliphatic heterocycles. The van der Waals surface area contributed by atoms with Crippen LogP contribution in [0.25, 0.3) is 0 Å². The van der Waals surface area contributed by atoms with Crippen LogP contribution >= 0.6 is 0 Å². The number of carbonyl (C=O) groups is 3. The first-order valence-electron chi connectivity index (χ1n) is 9.81. The Morgan fingerprint density at radius 1 is 0.767 bits per heavy atom. The minimum atomic E-state index is -0.549. The van der Waals surface area contributed by atoms with E-state index in [9.17, 15) is 14.4 Å². The second kappa shape index (κ2) is 11.2. The van der Waals surface area contributed by atoms with E-state index >= 15 is 0 Å². The quantitative estimate of drug-likeness (QED) is 0.587. The third-order valence-electron chi connectivity index (χ3n) is 3.36. The molecule has 0 saturated carbocycles. The van der Waals surface area contributed by atoms with Crippen LogP contribution in [0.2, 0.25) is 0 Å². The molecule has 0 radical (unpaired) electrons. The topological polar surface area (TPSA) is 106 Å². The fourth-order valence-electron chi connectivity index (χ4n) is 2.14. The SMILES string of the molecule is CC(C)(C)OC(=O)NCC=CCNC(=O)c1ccc(CNC(=O)OC(C)(C)C)cc1. The lowest BCUT2D eigenvalue weighted by Gasteiger charge is -2.19. The molecule has 0 bridgehead atoms. The van der Waals surface area contributed by atoms with Crippen LogP contribution in [0.1, 0.15) is 57.5 Å². The Bertz CT molecular complexity index is 744. The van der Waals surface area contributed by atoms with Gasteiger partial charge in [0.2, 0.25) is 0 Å². The Hall–Kier alpha value is -3.03. The second-order valence-corrected chi connectivity index (χ2v) is 8.62. The molecule has 8 nitrogen and oxygen atoms in total. The predicted molar refractivity (Wildman–Crippen MR) is 115 cm³/mol. The van der Waals surface area contributed by atoms with Crippen molar-refractivity contribution in [1.82, 2.24) is 16.0 Å². The first-order valence-corrected chi connectivity index (χ1v) is 9.81. The molecular formula is C22H33N3O5. The maximum Gasteiger partial charge on any atom is 0.407 e. The number of hydrogen-bond acceptors (Lipinski definition) is 5. The fraction of sp³-hybridized carbons (Fsp3) is 0.500. The van der Waals surface area contributed by atoms with Crippen molar-refractivity contribution < 1.29 is 23.9 Å². The molecule has 0 aliphatic rings. The Morgan fingerprint density at radius 2 is 1.23 bits per heavy atom. The molecule has 3 amide bonds. The number of carbonyl (C=O) groups excluding carboxylic acids is 3. The largest absolute Gasteiger partial charge is 0.444 e. The number of nitrogens with one attached hydrogen (secondary N) is 3. The number of hydrogen-bond donors (Lipinski definition) is 3. The van der Waals surface area contributed by atoms with Crippen LogP contribution in [-0.2, 0) is 16.0 Å². The molecule has 0 aromatic heterocycles. The van der Waals surface area contributed by atoms with Crippen LogP contribution in [0.3, 0.4) is 0 Å². The summed E-state index contributed by atoms with van der Waals surface area (Å²) < 4.78 is 10.3. The normalized spacial score (nSPS) is 11.7. The molecule has 0 heterocycles. The molecule has 0 saturated heterocycles. The molecule has 30 heavy (non-hydrogen) atoms. The van der Waals surface area contributed by atoms with Crippen LogP contribution in [-0.4, -0.2) is 42.4 Å². The van der Waals surface area contributed by atoms with Gasteiger partial charge >= 0.3 is 12.2 Å². The first-order chi connectivity index (χ1) is 13.9. The third kappa shape index (κ3) is 11.7. The number of ether oxygens (including phenoxy) is 2. The van der Waals surface area contributed by atoms with Gasteiger partial charge < -0.3 is 25.4 Å². The molecule has 1 aromatic rings. The molecule has 0 atom stereocenters. The lowest BCUT2D eigenvalue weighted by molar-refractivity contribution is 0.0516. The van der Waals surface area contributed by atoms with Crippen molar-refractivity contribution in [2.75, 3.05) is 13.1 Å². The highest BCUT2D eigenvalue weighted by Crippen LogP contribution is 2.08. The van der Waals surface area contributed by atoms with Gasteiger partial charge in [0, 0.05) is 25.2 Å². The molecule has 166 valence electrons. The summed E-state index contributed by atoms with van der Waals surface area (Å²) in [6, 6.07) is 6.92. The molecule has 1 aromatic carbocycles. The van der Waals surface area contributed by atoms with Crippen LogP contribution in [0.4, 0.5) is 9.59 Å². The highest BCUT2D eigenvalue weighted by atomic mass is 16.6. The van der Waals surface area contributed by atoms with Crippen LogP contribution in [0, 0.1) is 0 Å².